The molecule has 0 aliphatic carbocycles. The van der Waals surface area contributed by atoms with Crippen LogP contribution in [-0.2, 0) is 26.2 Å². The van der Waals surface area contributed by atoms with Crippen LogP contribution in [0.15, 0.2) is 77.7 Å². The molecule has 0 fully saturated rings. The van der Waals surface area contributed by atoms with Crippen molar-refractivity contribution in [2.24, 2.45) is 0 Å². The molecule has 0 aliphatic rings. The van der Waals surface area contributed by atoms with E-state index in [9.17, 15) is 17.6 Å². The second kappa shape index (κ2) is 10.9. The molecule has 1 N–H and O–H groups in total. The van der Waals surface area contributed by atoms with E-state index in [2.05, 4.69) is 5.32 Å². The number of halogens is 1. The van der Waals surface area contributed by atoms with Crippen LogP contribution >= 0.6 is 0 Å². The summed E-state index contributed by atoms with van der Waals surface area (Å²) in [7, 11) is -2.59. The van der Waals surface area contributed by atoms with Crippen molar-refractivity contribution in [1.82, 2.24) is 0 Å². The molecule has 1 amide bonds. The smallest absolute Gasteiger partial charge is 0.264 e. The molecule has 33 heavy (non-hydrogen) atoms. The Labute approximate surface area is 192 Å². The van der Waals surface area contributed by atoms with Crippen LogP contribution in [0.2, 0.25) is 0 Å². The minimum Gasteiger partial charge on any atom is -0.494 e. The van der Waals surface area contributed by atoms with Crippen molar-refractivity contribution < 1.29 is 27.1 Å². The summed E-state index contributed by atoms with van der Waals surface area (Å²) in [6.45, 7) is 2.19. The molecule has 0 saturated carbocycles. The lowest BCUT2D eigenvalue weighted by atomic mass is 10.2. The molecule has 0 aromatic heterocycles. The monoisotopic (exact) mass is 472 g/mol. The molecule has 3 aromatic carbocycles. The highest BCUT2D eigenvalue weighted by atomic mass is 32.2. The molecular weight excluding hydrogens is 447 g/mol. The molecule has 0 radical (unpaired) electrons. The molecule has 174 valence electrons. The van der Waals surface area contributed by atoms with Crippen LogP contribution in [0.25, 0.3) is 0 Å². The van der Waals surface area contributed by atoms with Gasteiger partial charge in [-0.05, 0) is 73.2 Å². The summed E-state index contributed by atoms with van der Waals surface area (Å²) in [5, 5.41) is 2.72. The summed E-state index contributed by atoms with van der Waals surface area (Å²) in [5.41, 5.74) is 1.64. The molecule has 3 aromatic rings. The summed E-state index contributed by atoms with van der Waals surface area (Å²) in [6, 6.07) is 17.9. The second-order valence-corrected chi connectivity index (χ2v) is 8.94. The van der Waals surface area contributed by atoms with Gasteiger partial charge in [-0.3, -0.25) is 9.10 Å². The Kier molecular flexibility index (Phi) is 8.02. The van der Waals surface area contributed by atoms with Crippen LogP contribution in [-0.4, -0.2) is 34.6 Å². The molecule has 0 unspecified atom stereocenters. The van der Waals surface area contributed by atoms with Gasteiger partial charge in [0.05, 0.1) is 23.8 Å². The average molecular weight is 473 g/mol. The van der Waals surface area contributed by atoms with Crippen molar-refractivity contribution >= 4 is 27.3 Å². The predicted molar refractivity (Wildman–Crippen MR) is 124 cm³/mol. The molecular formula is C24H25FN2O5S. The Balaban J connectivity index is 1.90. The van der Waals surface area contributed by atoms with Crippen LogP contribution in [0.1, 0.15) is 12.5 Å². The third-order valence-corrected chi connectivity index (χ3v) is 6.43. The van der Waals surface area contributed by atoms with E-state index < -0.39 is 28.3 Å². The van der Waals surface area contributed by atoms with E-state index in [1.54, 1.807) is 49.6 Å². The van der Waals surface area contributed by atoms with E-state index in [4.69, 9.17) is 9.47 Å². The molecule has 9 heteroatoms. The highest BCUT2D eigenvalue weighted by Crippen LogP contribution is 2.26. The molecule has 0 bridgehead atoms. The Hall–Kier alpha value is -3.43. The number of rotatable bonds is 10. The van der Waals surface area contributed by atoms with Gasteiger partial charge in [0.25, 0.3) is 10.0 Å². The lowest BCUT2D eigenvalue weighted by Gasteiger charge is -2.24. The van der Waals surface area contributed by atoms with Crippen LogP contribution < -0.4 is 14.4 Å². The number of hydrogen-bond acceptors (Lipinski definition) is 5. The zero-order chi connectivity index (χ0) is 23.8. The van der Waals surface area contributed by atoms with Gasteiger partial charge in [-0.1, -0.05) is 12.1 Å². The minimum absolute atomic E-state index is 0.132. The predicted octanol–water partition coefficient (Wildman–Crippen LogP) is 4.20. The van der Waals surface area contributed by atoms with E-state index in [-0.39, 0.29) is 10.6 Å². The summed E-state index contributed by atoms with van der Waals surface area (Å²) in [5.74, 6) is -0.529. The number of carbonyl (C=O) groups is 1. The first-order chi connectivity index (χ1) is 15.8. The van der Waals surface area contributed by atoms with Crippen LogP contribution in [0.5, 0.6) is 5.75 Å². The first-order valence-electron chi connectivity index (χ1n) is 10.2. The number of nitrogens with one attached hydrogen (secondary N) is 1. The average Bonchev–Trinajstić information content (AvgIpc) is 2.79. The van der Waals surface area contributed by atoms with Crippen LogP contribution in [0, 0.1) is 5.82 Å². The van der Waals surface area contributed by atoms with Gasteiger partial charge < -0.3 is 14.8 Å². The Bertz CT molecular complexity index is 1180. The van der Waals surface area contributed by atoms with Crippen molar-refractivity contribution in [3.05, 3.63) is 84.2 Å². The van der Waals surface area contributed by atoms with Gasteiger partial charge in [0.2, 0.25) is 5.91 Å². The van der Waals surface area contributed by atoms with Gasteiger partial charge in [0.1, 0.15) is 18.1 Å². The summed E-state index contributed by atoms with van der Waals surface area (Å²) >= 11 is 0. The number of ether oxygens (including phenoxy) is 2. The molecule has 7 nitrogen and oxygen atoms in total. The maximum absolute atomic E-state index is 13.4. The largest absolute Gasteiger partial charge is 0.494 e. The Morgan fingerprint density at radius 1 is 1.03 bits per heavy atom. The molecule has 0 atom stereocenters. The number of benzene rings is 3. The normalized spacial score (nSPS) is 11.1. The Morgan fingerprint density at radius 2 is 1.73 bits per heavy atom. The highest BCUT2D eigenvalue weighted by molar-refractivity contribution is 7.92. The van der Waals surface area contributed by atoms with Gasteiger partial charge in [0.15, 0.2) is 0 Å². The molecule has 3 rings (SSSR count). The number of methoxy groups -OCH3 is 1. The third kappa shape index (κ3) is 6.30. The first-order valence-corrected chi connectivity index (χ1v) is 11.7. The molecule has 0 spiro atoms. The van der Waals surface area contributed by atoms with E-state index in [0.29, 0.717) is 24.7 Å². The summed E-state index contributed by atoms with van der Waals surface area (Å²) < 4.78 is 51.6. The topological polar surface area (TPSA) is 84.9 Å². The highest BCUT2D eigenvalue weighted by Gasteiger charge is 2.27. The van der Waals surface area contributed by atoms with Gasteiger partial charge >= 0.3 is 0 Å². The lowest BCUT2D eigenvalue weighted by Crippen LogP contribution is -2.38. The van der Waals surface area contributed by atoms with Gasteiger partial charge in [-0.25, -0.2) is 12.8 Å². The van der Waals surface area contributed by atoms with Gasteiger partial charge in [-0.2, -0.15) is 0 Å². The number of amides is 1. The standard InChI is InChI=1S/C24H25FN2O5S/c1-3-32-22-11-9-21(10-12-22)27(33(29,30)23-13-7-19(25)8-14-23)16-24(28)26-20-6-4-5-18(15-20)17-31-2/h4-15H,3,16-17H2,1-2H3,(H,26,28). The number of sulfonamides is 1. The zero-order valence-corrected chi connectivity index (χ0v) is 19.1. The number of carbonyl (C=O) groups excluding carboxylic acids is 1. The van der Waals surface area contributed by atoms with Crippen molar-refractivity contribution in [2.45, 2.75) is 18.4 Å². The first kappa shape index (κ1) is 24.2. The van der Waals surface area contributed by atoms with E-state index >= 15 is 0 Å². The minimum atomic E-state index is -4.16. The van der Waals surface area contributed by atoms with Crippen molar-refractivity contribution in [1.29, 1.82) is 0 Å². The Morgan fingerprint density at radius 3 is 2.36 bits per heavy atom. The zero-order valence-electron chi connectivity index (χ0n) is 18.3. The lowest BCUT2D eigenvalue weighted by molar-refractivity contribution is -0.114. The summed E-state index contributed by atoms with van der Waals surface area (Å²) in [4.78, 5) is 12.7. The van der Waals surface area contributed by atoms with E-state index in [0.717, 1.165) is 22.0 Å². The molecule has 0 aliphatic heterocycles. The summed E-state index contributed by atoms with van der Waals surface area (Å²) in [6.07, 6.45) is 0. The second-order valence-electron chi connectivity index (χ2n) is 7.07. The third-order valence-electron chi connectivity index (χ3n) is 4.65. The van der Waals surface area contributed by atoms with E-state index in [1.165, 1.54) is 12.1 Å². The van der Waals surface area contributed by atoms with Crippen LogP contribution in [0.3, 0.4) is 0 Å². The molecule has 0 saturated heterocycles. The maximum atomic E-state index is 13.4. The fourth-order valence-electron chi connectivity index (χ4n) is 3.16. The maximum Gasteiger partial charge on any atom is 0.264 e. The van der Waals surface area contributed by atoms with Crippen molar-refractivity contribution in [3.63, 3.8) is 0 Å². The van der Waals surface area contributed by atoms with Crippen molar-refractivity contribution in [3.8, 4) is 5.75 Å². The fourth-order valence-corrected chi connectivity index (χ4v) is 4.58. The van der Waals surface area contributed by atoms with Gasteiger partial charge in [-0.15, -0.1) is 0 Å². The number of hydrogen-bond donors (Lipinski definition) is 1. The van der Waals surface area contributed by atoms with E-state index in [1.807, 2.05) is 13.0 Å². The fraction of sp³-hybridized carbons (Fsp3) is 0.208. The quantitative estimate of drug-likeness (QED) is 0.478. The number of nitrogens with zero attached hydrogens (tertiary/aromatic N) is 1. The SMILES string of the molecule is CCOc1ccc(N(CC(=O)Nc2cccc(COC)c2)S(=O)(=O)c2ccc(F)cc2)cc1. The molecule has 0 heterocycles. The van der Waals surface area contributed by atoms with Gasteiger partial charge in [0, 0.05) is 12.8 Å². The van der Waals surface area contributed by atoms with Crippen molar-refractivity contribution in [2.75, 3.05) is 29.9 Å². The van der Waals surface area contributed by atoms with Crippen LogP contribution in [0.4, 0.5) is 15.8 Å². The number of anilines is 2.